The van der Waals surface area contributed by atoms with Crippen molar-refractivity contribution >= 4 is 11.3 Å². The zero-order chi connectivity index (χ0) is 12.2. The molecule has 0 spiro atoms. The maximum Gasteiger partial charge on any atom is 0.104 e. The summed E-state index contributed by atoms with van der Waals surface area (Å²) in [7, 11) is 0. The van der Waals surface area contributed by atoms with Crippen molar-refractivity contribution in [2.24, 2.45) is 0 Å². The molecular weight excluding hydrogens is 242 g/mol. The Morgan fingerprint density at radius 1 is 1.17 bits per heavy atom. The Balaban J connectivity index is 1.54. The molecule has 0 bridgehead atoms. The first-order valence-electron chi connectivity index (χ1n) is 6.34. The van der Waals surface area contributed by atoms with Crippen LogP contribution in [0.1, 0.15) is 16.5 Å². The molecule has 0 saturated carbocycles. The van der Waals surface area contributed by atoms with Gasteiger partial charge in [-0.05, 0) is 23.4 Å². The first-order valence-corrected chi connectivity index (χ1v) is 7.22. The van der Waals surface area contributed by atoms with Gasteiger partial charge in [-0.2, -0.15) is 0 Å². The van der Waals surface area contributed by atoms with E-state index in [0.29, 0.717) is 6.04 Å². The van der Waals surface area contributed by atoms with Gasteiger partial charge in [0.05, 0.1) is 6.61 Å². The minimum Gasteiger partial charge on any atom is -0.370 e. The van der Waals surface area contributed by atoms with Gasteiger partial charge in [0.1, 0.15) is 6.10 Å². The number of hydrogen-bond donors (Lipinski definition) is 1. The molecule has 3 heteroatoms. The third-order valence-corrected chi connectivity index (χ3v) is 4.24. The van der Waals surface area contributed by atoms with E-state index in [0.717, 1.165) is 19.6 Å². The molecule has 0 aliphatic carbocycles. The van der Waals surface area contributed by atoms with Crippen LogP contribution in [0.2, 0.25) is 0 Å². The Morgan fingerprint density at radius 2 is 2.06 bits per heavy atom. The Bertz CT molecular complexity index is 461. The predicted octanol–water partition coefficient (Wildman–Crippen LogP) is 3.02. The number of hydrogen-bond acceptors (Lipinski definition) is 3. The highest BCUT2D eigenvalue weighted by atomic mass is 32.1. The van der Waals surface area contributed by atoms with Gasteiger partial charge in [0.15, 0.2) is 0 Å². The van der Waals surface area contributed by atoms with E-state index in [4.69, 9.17) is 4.74 Å². The van der Waals surface area contributed by atoms with E-state index >= 15 is 0 Å². The summed E-state index contributed by atoms with van der Waals surface area (Å²) in [6.07, 6.45) is 1.27. The Labute approximate surface area is 112 Å². The molecule has 94 valence electrons. The second-order valence-corrected chi connectivity index (χ2v) is 5.61. The van der Waals surface area contributed by atoms with Crippen LogP contribution in [-0.2, 0) is 11.2 Å². The highest BCUT2D eigenvalue weighted by molar-refractivity contribution is 7.10. The molecule has 1 aliphatic heterocycles. The van der Waals surface area contributed by atoms with Crippen LogP contribution in [0.25, 0.3) is 0 Å². The van der Waals surface area contributed by atoms with Crippen LogP contribution < -0.4 is 5.32 Å². The molecule has 1 aromatic heterocycles. The first kappa shape index (κ1) is 11.9. The van der Waals surface area contributed by atoms with Gasteiger partial charge in [0, 0.05) is 17.5 Å². The van der Waals surface area contributed by atoms with E-state index in [9.17, 15) is 0 Å². The van der Waals surface area contributed by atoms with Crippen LogP contribution in [-0.4, -0.2) is 19.2 Å². The third kappa shape index (κ3) is 2.80. The molecule has 2 atom stereocenters. The normalized spacial score (nSPS) is 24.0. The Kier molecular flexibility index (Phi) is 3.74. The van der Waals surface area contributed by atoms with Crippen molar-refractivity contribution in [3.63, 3.8) is 0 Å². The van der Waals surface area contributed by atoms with Crippen molar-refractivity contribution in [3.05, 3.63) is 58.3 Å². The molecule has 18 heavy (non-hydrogen) atoms. The summed E-state index contributed by atoms with van der Waals surface area (Å²) >= 11 is 1.77. The van der Waals surface area contributed by atoms with Gasteiger partial charge >= 0.3 is 0 Å². The molecule has 2 aromatic rings. The molecule has 1 aromatic carbocycles. The van der Waals surface area contributed by atoms with Crippen LogP contribution in [0.15, 0.2) is 47.8 Å². The summed E-state index contributed by atoms with van der Waals surface area (Å²) in [6, 6.07) is 15.2. The van der Waals surface area contributed by atoms with Gasteiger partial charge in [0.2, 0.25) is 0 Å². The maximum absolute atomic E-state index is 5.96. The molecule has 0 amide bonds. The lowest BCUT2D eigenvalue weighted by Crippen LogP contribution is -2.43. The molecule has 1 aliphatic rings. The summed E-state index contributed by atoms with van der Waals surface area (Å²) in [6.45, 7) is 1.70. The molecular formula is C15H17NOS. The van der Waals surface area contributed by atoms with E-state index in [1.54, 1.807) is 11.3 Å². The van der Waals surface area contributed by atoms with E-state index in [2.05, 4.69) is 53.2 Å². The lowest BCUT2D eigenvalue weighted by molar-refractivity contribution is 0.00510. The summed E-state index contributed by atoms with van der Waals surface area (Å²) in [5.74, 6) is 0. The second kappa shape index (κ2) is 5.65. The van der Waals surface area contributed by atoms with Crippen LogP contribution >= 0.6 is 11.3 Å². The number of morpholine rings is 1. The molecule has 1 saturated heterocycles. The van der Waals surface area contributed by atoms with Gasteiger partial charge in [0.25, 0.3) is 0 Å². The summed E-state index contributed by atoms with van der Waals surface area (Å²) in [4.78, 5) is 1.32. The maximum atomic E-state index is 5.96. The van der Waals surface area contributed by atoms with Crippen molar-refractivity contribution in [3.8, 4) is 0 Å². The molecule has 1 fully saturated rings. The molecule has 2 heterocycles. The summed E-state index contributed by atoms with van der Waals surface area (Å²) < 4.78 is 5.96. The van der Waals surface area contributed by atoms with Gasteiger partial charge in [-0.25, -0.2) is 0 Å². The molecule has 2 nitrogen and oxygen atoms in total. The predicted molar refractivity (Wildman–Crippen MR) is 74.9 cm³/mol. The number of nitrogens with one attached hydrogen (secondary N) is 1. The number of thiophene rings is 1. The van der Waals surface area contributed by atoms with E-state index in [-0.39, 0.29) is 6.10 Å². The highest BCUT2D eigenvalue weighted by Gasteiger charge is 2.22. The van der Waals surface area contributed by atoms with Gasteiger partial charge in [-0.15, -0.1) is 11.3 Å². The van der Waals surface area contributed by atoms with Crippen molar-refractivity contribution in [1.29, 1.82) is 0 Å². The van der Waals surface area contributed by atoms with Crippen molar-refractivity contribution in [1.82, 2.24) is 5.32 Å². The Hall–Kier alpha value is -1.16. The minimum absolute atomic E-state index is 0.233. The largest absolute Gasteiger partial charge is 0.370 e. The van der Waals surface area contributed by atoms with E-state index < -0.39 is 0 Å². The first-order chi connectivity index (χ1) is 8.92. The zero-order valence-corrected chi connectivity index (χ0v) is 11.0. The average molecular weight is 259 g/mol. The fraction of sp³-hybridized carbons (Fsp3) is 0.333. The van der Waals surface area contributed by atoms with E-state index in [1.807, 2.05) is 0 Å². The monoisotopic (exact) mass is 259 g/mol. The van der Waals surface area contributed by atoms with Gasteiger partial charge in [-0.3, -0.25) is 0 Å². The Morgan fingerprint density at radius 3 is 2.72 bits per heavy atom. The number of rotatable bonds is 3. The van der Waals surface area contributed by atoms with Crippen molar-refractivity contribution < 1.29 is 4.74 Å². The molecule has 0 radical (unpaired) electrons. The minimum atomic E-state index is 0.233. The number of benzene rings is 1. The van der Waals surface area contributed by atoms with Crippen molar-refractivity contribution in [2.75, 3.05) is 13.2 Å². The SMILES string of the molecule is c1ccc(CC2COC(c3cccs3)CN2)cc1. The molecule has 3 rings (SSSR count). The fourth-order valence-corrected chi connectivity index (χ4v) is 3.09. The van der Waals surface area contributed by atoms with Crippen LogP contribution in [0, 0.1) is 0 Å². The fourth-order valence-electron chi connectivity index (χ4n) is 2.31. The number of ether oxygens (including phenoxy) is 1. The van der Waals surface area contributed by atoms with Gasteiger partial charge in [-0.1, -0.05) is 36.4 Å². The van der Waals surface area contributed by atoms with E-state index in [1.165, 1.54) is 10.4 Å². The summed E-state index contributed by atoms with van der Waals surface area (Å²) in [5.41, 5.74) is 1.37. The molecule has 2 unspecified atom stereocenters. The van der Waals surface area contributed by atoms with Crippen LogP contribution in [0.5, 0.6) is 0 Å². The highest BCUT2D eigenvalue weighted by Crippen LogP contribution is 2.24. The third-order valence-electron chi connectivity index (χ3n) is 3.28. The average Bonchev–Trinajstić information content (AvgIpc) is 2.95. The summed E-state index contributed by atoms with van der Waals surface area (Å²) in [5, 5.41) is 5.69. The lowest BCUT2D eigenvalue weighted by Gasteiger charge is -2.30. The zero-order valence-electron chi connectivity index (χ0n) is 10.2. The quantitative estimate of drug-likeness (QED) is 0.915. The van der Waals surface area contributed by atoms with Crippen LogP contribution in [0.3, 0.4) is 0 Å². The lowest BCUT2D eigenvalue weighted by atomic mass is 10.1. The standard InChI is InChI=1S/C15H17NOS/c1-2-5-12(6-3-1)9-13-11-17-14(10-16-13)15-7-4-8-18-15/h1-8,13-14,16H,9-11H2. The van der Waals surface area contributed by atoms with Crippen LogP contribution in [0.4, 0.5) is 0 Å². The van der Waals surface area contributed by atoms with Gasteiger partial charge < -0.3 is 10.1 Å². The van der Waals surface area contributed by atoms with Crippen molar-refractivity contribution in [2.45, 2.75) is 18.6 Å². The smallest absolute Gasteiger partial charge is 0.104 e. The topological polar surface area (TPSA) is 21.3 Å². The molecule has 1 N–H and O–H groups in total. The second-order valence-electron chi connectivity index (χ2n) is 4.63.